The van der Waals surface area contributed by atoms with Crippen LogP contribution in [0.15, 0.2) is 24.3 Å². The molecule has 1 aliphatic carbocycles. The predicted octanol–water partition coefficient (Wildman–Crippen LogP) is 1.63. The molecule has 0 aromatic heterocycles. The molecule has 1 aromatic rings. The third kappa shape index (κ3) is 2.61. The highest BCUT2D eigenvalue weighted by Gasteiger charge is 2.51. The van der Waals surface area contributed by atoms with Crippen molar-refractivity contribution in [3.05, 3.63) is 35.4 Å². The minimum absolute atomic E-state index is 0.0870. The molecule has 22 heavy (non-hydrogen) atoms. The second-order valence-corrected chi connectivity index (χ2v) is 6.20. The summed E-state index contributed by atoms with van der Waals surface area (Å²) < 4.78 is 0. The number of aryl methyl sites for hydroxylation is 1. The van der Waals surface area contributed by atoms with Crippen LogP contribution in [-0.2, 0) is 17.6 Å². The summed E-state index contributed by atoms with van der Waals surface area (Å²) in [4.78, 5) is 26.3. The second-order valence-electron chi connectivity index (χ2n) is 6.20. The Bertz CT molecular complexity index is 587. The number of carbonyl (C=O) groups is 2. The lowest BCUT2D eigenvalue weighted by Crippen LogP contribution is -2.51. The Morgan fingerprint density at radius 1 is 1.14 bits per heavy atom. The number of unbranched alkanes of at least 4 members (excludes halogenated alkanes) is 2. The maximum atomic E-state index is 12.8. The fourth-order valence-electron chi connectivity index (χ4n) is 3.46. The molecule has 1 heterocycles. The standard InChI is InChI=1S/C17H22N2O3/c20-11-5-1-4-10-19-15(21)17(18-16(19)22)9-8-13-6-2-3-7-14(13)12-17/h2-3,6-7,20H,1,4-5,8-12H2,(H,18,22). The molecule has 118 valence electrons. The molecule has 2 N–H and O–H groups in total. The van der Waals surface area contributed by atoms with Crippen molar-refractivity contribution in [1.82, 2.24) is 10.2 Å². The molecule has 1 fully saturated rings. The lowest BCUT2D eigenvalue weighted by Gasteiger charge is -2.32. The Labute approximate surface area is 130 Å². The normalized spacial score (nSPS) is 23.8. The van der Waals surface area contributed by atoms with E-state index in [1.165, 1.54) is 10.5 Å². The zero-order valence-electron chi connectivity index (χ0n) is 12.7. The molecular formula is C17H22N2O3. The van der Waals surface area contributed by atoms with Crippen LogP contribution < -0.4 is 5.32 Å². The number of hydrogen-bond donors (Lipinski definition) is 2. The molecule has 1 spiro atoms. The van der Waals surface area contributed by atoms with Crippen LogP contribution in [0.25, 0.3) is 0 Å². The van der Waals surface area contributed by atoms with Crippen molar-refractivity contribution in [2.24, 2.45) is 0 Å². The molecule has 1 saturated heterocycles. The lowest BCUT2D eigenvalue weighted by atomic mass is 9.78. The van der Waals surface area contributed by atoms with Crippen LogP contribution in [0.2, 0.25) is 0 Å². The van der Waals surface area contributed by atoms with E-state index in [0.717, 1.165) is 24.8 Å². The minimum atomic E-state index is -0.748. The molecule has 3 rings (SSSR count). The van der Waals surface area contributed by atoms with E-state index in [4.69, 9.17) is 5.11 Å². The van der Waals surface area contributed by atoms with Crippen molar-refractivity contribution < 1.29 is 14.7 Å². The lowest BCUT2D eigenvalue weighted by molar-refractivity contribution is -0.131. The summed E-state index contributed by atoms with van der Waals surface area (Å²) in [5.74, 6) is -0.0870. The molecule has 0 bridgehead atoms. The quantitative estimate of drug-likeness (QED) is 0.641. The van der Waals surface area contributed by atoms with Crippen molar-refractivity contribution in [2.75, 3.05) is 13.2 Å². The number of aliphatic hydroxyl groups excluding tert-OH is 1. The molecular weight excluding hydrogens is 280 g/mol. The van der Waals surface area contributed by atoms with Gasteiger partial charge in [-0.15, -0.1) is 0 Å². The first kappa shape index (κ1) is 15.0. The van der Waals surface area contributed by atoms with Crippen molar-refractivity contribution in [2.45, 2.75) is 44.1 Å². The highest BCUT2D eigenvalue weighted by atomic mass is 16.3. The second kappa shape index (κ2) is 6.08. The van der Waals surface area contributed by atoms with Crippen molar-refractivity contribution in [3.8, 4) is 0 Å². The number of aliphatic hydroxyl groups is 1. The van der Waals surface area contributed by atoms with E-state index in [1.807, 2.05) is 18.2 Å². The summed E-state index contributed by atoms with van der Waals surface area (Å²) in [5.41, 5.74) is 1.68. The average Bonchev–Trinajstić information content (AvgIpc) is 2.75. The molecule has 1 aliphatic heterocycles. The number of nitrogens with one attached hydrogen (secondary N) is 1. The number of imide groups is 1. The van der Waals surface area contributed by atoms with Gasteiger partial charge in [0.25, 0.3) is 5.91 Å². The summed E-state index contributed by atoms with van der Waals surface area (Å²) >= 11 is 0. The topological polar surface area (TPSA) is 69.6 Å². The maximum absolute atomic E-state index is 12.8. The number of rotatable bonds is 5. The van der Waals surface area contributed by atoms with Gasteiger partial charge in [-0.25, -0.2) is 4.79 Å². The van der Waals surface area contributed by atoms with E-state index in [-0.39, 0.29) is 18.5 Å². The van der Waals surface area contributed by atoms with E-state index in [1.54, 1.807) is 0 Å². The summed E-state index contributed by atoms with van der Waals surface area (Å²) in [6.45, 7) is 0.592. The maximum Gasteiger partial charge on any atom is 0.325 e. The van der Waals surface area contributed by atoms with Crippen LogP contribution in [0.3, 0.4) is 0 Å². The van der Waals surface area contributed by atoms with Crippen LogP contribution in [0.4, 0.5) is 4.79 Å². The minimum Gasteiger partial charge on any atom is -0.396 e. The summed E-state index contributed by atoms with van der Waals surface area (Å²) in [5, 5.41) is 11.7. The molecule has 1 unspecified atom stereocenters. The van der Waals surface area contributed by atoms with E-state index in [0.29, 0.717) is 25.8 Å². The van der Waals surface area contributed by atoms with Gasteiger partial charge in [0.05, 0.1) is 0 Å². The van der Waals surface area contributed by atoms with Gasteiger partial charge >= 0.3 is 6.03 Å². The highest BCUT2D eigenvalue weighted by molar-refractivity contribution is 6.07. The van der Waals surface area contributed by atoms with Gasteiger partial charge in [0.2, 0.25) is 0 Å². The van der Waals surface area contributed by atoms with Crippen LogP contribution in [0.1, 0.15) is 36.8 Å². The first-order valence-corrected chi connectivity index (χ1v) is 7.98. The Morgan fingerprint density at radius 2 is 1.91 bits per heavy atom. The molecule has 0 radical (unpaired) electrons. The van der Waals surface area contributed by atoms with Gasteiger partial charge in [-0.1, -0.05) is 24.3 Å². The number of benzene rings is 1. The molecule has 3 amide bonds. The monoisotopic (exact) mass is 302 g/mol. The largest absolute Gasteiger partial charge is 0.396 e. The smallest absolute Gasteiger partial charge is 0.325 e. The molecule has 1 atom stereocenters. The van der Waals surface area contributed by atoms with Gasteiger partial charge in [0.15, 0.2) is 0 Å². The SMILES string of the molecule is O=C1NC2(CCc3ccccc3C2)C(=O)N1CCCCCO. The number of fused-ring (bicyclic) bond motifs is 1. The number of carbonyl (C=O) groups excluding carboxylic acids is 2. The van der Waals surface area contributed by atoms with Crippen LogP contribution in [-0.4, -0.2) is 40.6 Å². The molecule has 5 nitrogen and oxygen atoms in total. The predicted molar refractivity (Wildman–Crippen MR) is 82.4 cm³/mol. The Kier molecular flexibility index (Phi) is 4.16. The zero-order chi connectivity index (χ0) is 15.6. The van der Waals surface area contributed by atoms with Gasteiger partial charge in [-0.05, 0) is 43.2 Å². The summed E-state index contributed by atoms with van der Waals surface area (Å²) in [7, 11) is 0. The third-order valence-corrected chi connectivity index (χ3v) is 4.72. The molecule has 0 saturated carbocycles. The zero-order valence-corrected chi connectivity index (χ0v) is 12.7. The van der Waals surface area contributed by atoms with E-state index >= 15 is 0 Å². The van der Waals surface area contributed by atoms with Crippen molar-refractivity contribution in [3.63, 3.8) is 0 Å². The van der Waals surface area contributed by atoms with Gasteiger partial charge < -0.3 is 10.4 Å². The van der Waals surface area contributed by atoms with Crippen molar-refractivity contribution in [1.29, 1.82) is 0 Å². The molecule has 2 aliphatic rings. The average molecular weight is 302 g/mol. The number of urea groups is 1. The Balaban J connectivity index is 1.71. The van der Waals surface area contributed by atoms with E-state index in [2.05, 4.69) is 11.4 Å². The van der Waals surface area contributed by atoms with Gasteiger partial charge in [-0.2, -0.15) is 0 Å². The highest BCUT2D eigenvalue weighted by Crippen LogP contribution is 2.33. The van der Waals surface area contributed by atoms with Gasteiger partial charge in [-0.3, -0.25) is 9.69 Å². The fourth-order valence-corrected chi connectivity index (χ4v) is 3.46. The van der Waals surface area contributed by atoms with E-state index in [9.17, 15) is 9.59 Å². The van der Waals surface area contributed by atoms with Gasteiger partial charge in [0, 0.05) is 19.6 Å². The Morgan fingerprint density at radius 3 is 2.68 bits per heavy atom. The Hall–Kier alpha value is -1.88. The van der Waals surface area contributed by atoms with Crippen LogP contribution >= 0.6 is 0 Å². The fraction of sp³-hybridized carbons (Fsp3) is 0.529. The van der Waals surface area contributed by atoms with Crippen LogP contribution in [0.5, 0.6) is 0 Å². The first-order valence-electron chi connectivity index (χ1n) is 7.98. The third-order valence-electron chi connectivity index (χ3n) is 4.72. The number of hydrogen-bond acceptors (Lipinski definition) is 3. The van der Waals surface area contributed by atoms with Gasteiger partial charge in [0.1, 0.15) is 5.54 Å². The summed E-state index contributed by atoms with van der Waals surface area (Å²) in [6.07, 6.45) is 4.35. The van der Waals surface area contributed by atoms with E-state index < -0.39 is 5.54 Å². The molecule has 5 heteroatoms. The first-order chi connectivity index (χ1) is 10.7. The molecule has 1 aromatic carbocycles. The van der Waals surface area contributed by atoms with Crippen LogP contribution in [0, 0.1) is 0 Å². The number of nitrogens with zero attached hydrogens (tertiary/aromatic N) is 1. The summed E-state index contributed by atoms with van der Waals surface area (Å²) in [6, 6.07) is 7.86. The van der Waals surface area contributed by atoms with Crippen molar-refractivity contribution >= 4 is 11.9 Å². The number of amides is 3.